The SMILES string of the molecule is CCOC(=O)C1=CC(OC(CC)CC)C(NC(=O)C2CC2)C(N)C1.Cl. The minimum Gasteiger partial charge on any atom is -0.463 e. The third-order valence-electron chi connectivity index (χ3n) is 4.69. The zero-order valence-electron chi connectivity index (χ0n) is 15.3. The lowest BCUT2D eigenvalue weighted by Crippen LogP contribution is -2.57. The second-order valence-electron chi connectivity index (χ2n) is 6.63. The molecule has 7 heteroatoms. The highest BCUT2D eigenvalue weighted by Gasteiger charge is 2.39. The number of esters is 1. The van der Waals surface area contributed by atoms with Crippen LogP contribution in [0.25, 0.3) is 0 Å². The third kappa shape index (κ3) is 5.97. The molecule has 6 nitrogen and oxygen atoms in total. The standard InChI is InChI=1S/C18H30N2O4.ClH/c1-4-13(5-2)24-15-10-12(18(22)23-6-3)9-14(19)16(15)20-17(21)11-7-8-11;/h10-11,13-16H,4-9,19H2,1-3H3,(H,20,21);1H. The van der Waals surface area contributed by atoms with Crippen molar-refractivity contribution in [3.05, 3.63) is 11.6 Å². The summed E-state index contributed by atoms with van der Waals surface area (Å²) in [4.78, 5) is 24.2. The predicted octanol–water partition coefficient (Wildman–Crippen LogP) is 2.10. The van der Waals surface area contributed by atoms with E-state index in [0.29, 0.717) is 18.6 Å². The summed E-state index contributed by atoms with van der Waals surface area (Å²) < 4.78 is 11.2. The van der Waals surface area contributed by atoms with Gasteiger partial charge in [-0.05, 0) is 45.1 Å². The number of rotatable bonds is 8. The van der Waals surface area contributed by atoms with Crippen molar-refractivity contribution in [1.29, 1.82) is 0 Å². The van der Waals surface area contributed by atoms with Gasteiger partial charge in [0.15, 0.2) is 0 Å². The fraction of sp³-hybridized carbons (Fsp3) is 0.778. The monoisotopic (exact) mass is 374 g/mol. The Kier molecular flexibility index (Phi) is 8.89. The van der Waals surface area contributed by atoms with Gasteiger partial charge in [0.1, 0.15) is 0 Å². The lowest BCUT2D eigenvalue weighted by Gasteiger charge is -2.36. The van der Waals surface area contributed by atoms with Gasteiger partial charge in [-0.15, -0.1) is 12.4 Å². The number of hydrogen-bond donors (Lipinski definition) is 2. The van der Waals surface area contributed by atoms with Gasteiger partial charge in [0.05, 0.1) is 24.9 Å². The van der Waals surface area contributed by atoms with Gasteiger partial charge in [0.25, 0.3) is 0 Å². The molecule has 3 N–H and O–H groups in total. The van der Waals surface area contributed by atoms with Crippen LogP contribution in [0.15, 0.2) is 11.6 Å². The third-order valence-corrected chi connectivity index (χ3v) is 4.69. The van der Waals surface area contributed by atoms with Crippen molar-refractivity contribution in [1.82, 2.24) is 5.32 Å². The highest BCUT2D eigenvalue weighted by molar-refractivity contribution is 5.89. The van der Waals surface area contributed by atoms with Gasteiger partial charge < -0.3 is 20.5 Å². The summed E-state index contributed by atoms with van der Waals surface area (Å²) in [5.74, 6) is -0.193. The number of nitrogens with one attached hydrogen (secondary N) is 1. The zero-order valence-corrected chi connectivity index (χ0v) is 16.1. The van der Waals surface area contributed by atoms with Gasteiger partial charge in [-0.25, -0.2) is 4.79 Å². The van der Waals surface area contributed by atoms with Crippen LogP contribution in [0.5, 0.6) is 0 Å². The Balaban J connectivity index is 0.00000312. The van der Waals surface area contributed by atoms with E-state index in [9.17, 15) is 9.59 Å². The van der Waals surface area contributed by atoms with E-state index in [0.717, 1.165) is 25.7 Å². The van der Waals surface area contributed by atoms with Crippen molar-refractivity contribution >= 4 is 24.3 Å². The largest absolute Gasteiger partial charge is 0.463 e. The van der Waals surface area contributed by atoms with Crippen LogP contribution in [0.3, 0.4) is 0 Å². The number of amides is 1. The first-order valence-corrected chi connectivity index (χ1v) is 9.09. The molecule has 0 radical (unpaired) electrons. The van der Waals surface area contributed by atoms with E-state index in [-0.39, 0.29) is 48.4 Å². The molecule has 2 aliphatic carbocycles. The van der Waals surface area contributed by atoms with Gasteiger partial charge in [-0.2, -0.15) is 0 Å². The molecule has 0 aliphatic heterocycles. The van der Waals surface area contributed by atoms with Crippen molar-refractivity contribution in [3.63, 3.8) is 0 Å². The van der Waals surface area contributed by atoms with E-state index < -0.39 is 6.10 Å². The average molecular weight is 375 g/mol. The Bertz CT molecular complexity index is 489. The maximum atomic E-state index is 12.2. The molecule has 3 atom stereocenters. The normalized spacial score (nSPS) is 25.8. The Morgan fingerprint density at radius 3 is 2.44 bits per heavy atom. The van der Waals surface area contributed by atoms with Gasteiger partial charge in [-0.1, -0.05) is 13.8 Å². The predicted molar refractivity (Wildman–Crippen MR) is 98.5 cm³/mol. The smallest absolute Gasteiger partial charge is 0.333 e. The summed E-state index contributed by atoms with van der Waals surface area (Å²) in [6, 6.07) is -0.673. The quantitative estimate of drug-likeness (QED) is 0.635. The molecule has 144 valence electrons. The van der Waals surface area contributed by atoms with Crippen LogP contribution in [0.1, 0.15) is 52.9 Å². The first-order chi connectivity index (χ1) is 11.5. The maximum absolute atomic E-state index is 12.2. The van der Waals surface area contributed by atoms with Crippen LogP contribution in [0.2, 0.25) is 0 Å². The molecular weight excluding hydrogens is 344 g/mol. The highest BCUT2D eigenvalue weighted by Crippen LogP contribution is 2.30. The molecule has 25 heavy (non-hydrogen) atoms. The number of ether oxygens (including phenoxy) is 2. The lowest BCUT2D eigenvalue weighted by atomic mass is 9.88. The van der Waals surface area contributed by atoms with Crippen molar-refractivity contribution < 1.29 is 19.1 Å². The molecule has 0 aromatic heterocycles. The molecule has 0 bridgehead atoms. The fourth-order valence-electron chi connectivity index (χ4n) is 3.01. The first-order valence-electron chi connectivity index (χ1n) is 9.09. The van der Waals surface area contributed by atoms with Gasteiger partial charge in [0, 0.05) is 17.5 Å². The molecule has 0 heterocycles. The summed E-state index contributed by atoms with van der Waals surface area (Å²) >= 11 is 0. The van der Waals surface area contributed by atoms with Crippen molar-refractivity contribution in [2.24, 2.45) is 11.7 Å². The number of carbonyl (C=O) groups is 2. The Morgan fingerprint density at radius 1 is 1.28 bits per heavy atom. The van der Waals surface area contributed by atoms with E-state index in [1.165, 1.54) is 0 Å². The average Bonchev–Trinajstić information content (AvgIpc) is 3.40. The van der Waals surface area contributed by atoms with Crippen LogP contribution < -0.4 is 11.1 Å². The molecule has 3 unspecified atom stereocenters. The topological polar surface area (TPSA) is 90.6 Å². The summed E-state index contributed by atoms with van der Waals surface area (Å²) in [6.07, 6.45) is 5.46. The summed E-state index contributed by atoms with van der Waals surface area (Å²) in [5.41, 5.74) is 6.82. The summed E-state index contributed by atoms with van der Waals surface area (Å²) in [7, 11) is 0. The molecule has 0 saturated heterocycles. The Labute approximate surface area is 156 Å². The van der Waals surface area contributed by atoms with E-state index in [1.54, 1.807) is 13.0 Å². The Hall–Kier alpha value is -1.11. The second-order valence-corrected chi connectivity index (χ2v) is 6.63. The van der Waals surface area contributed by atoms with E-state index in [4.69, 9.17) is 15.2 Å². The van der Waals surface area contributed by atoms with Crippen LogP contribution in [0.4, 0.5) is 0 Å². The summed E-state index contributed by atoms with van der Waals surface area (Å²) in [6.45, 7) is 6.22. The minimum absolute atomic E-state index is 0. The molecule has 1 saturated carbocycles. The molecule has 1 amide bonds. The molecule has 0 aromatic rings. The van der Waals surface area contributed by atoms with E-state index in [1.807, 2.05) is 0 Å². The van der Waals surface area contributed by atoms with Crippen LogP contribution in [0, 0.1) is 5.92 Å². The van der Waals surface area contributed by atoms with Crippen molar-refractivity contribution in [2.45, 2.75) is 77.2 Å². The molecular formula is C18H31ClN2O4. The molecule has 1 fully saturated rings. The first kappa shape index (κ1) is 21.9. The second kappa shape index (κ2) is 10.1. The number of carbonyl (C=O) groups excluding carboxylic acids is 2. The molecule has 0 spiro atoms. The maximum Gasteiger partial charge on any atom is 0.333 e. The number of hydrogen-bond acceptors (Lipinski definition) is 5. The van der Waals surface area contributed by atoms with Gasteiger partial charge in [0.2, 0.25) is 5.91 Å². The van der Waals surface area contributed by atoms with Crippen LogP contribution in [-0.2, 0) is 19.1 Å². The molecule has 0 aromatic carbocycles. The molecule has 2 aliphatic rings. The Morgan fingerprint density at radius 2 is 1.92 bits per heavy atom. The van der Waals surface area contributed by atoms with Crippen molar-refractivity contribution in [3.8, 4) is 0 Å². The van der Waals surface area contributed by atoms with Crippen molar-refractivity contribution in [2.75, 3.05) is 6.61 Å². The fourth-order valence-corrected chi connectivity index (χ4v) is 3.01. The number of halogens is 1. The van der Waals surface area contributed by atoms with Gasteiger partial charge in [-0.3, -0.25) is 4.79 Å². The van der Waals surface area contributed by atoms with Crippen LogP contribution in [-0.4, -0.2) is 42.8 Å². The summed E-state index contributed by atoms with van der Waals surface area (Å²) in [5, 5.41) is 3.04. The van der Waals surface area contributed by atoms with E-state index >= 15 is 0 Å². The van der Waals surface area contributed by atoms with Crippen LogP contribution >= 0.6 is 12.4 Å². The highest BCUT2D eigenvalue weighted by atomic mass is 35.5. The van der Waals surface area contributed by atoms with Gasteiger partial charge >= 0.3 is 5.97 Å². The zero-order chi connectivity index (χ0) is 17.7. The number of nitrogens with two attached hydrogens (primary N) is 1. The lowest BCUT2D eigenvalue weighted by molar-refractivity contribution is -0.139. The minimum atomic E-state index is -0.402. The molecule has 2 rings (SSSR count). The van der Waals surface area contributed by atoms with E-state index in [2.05, 4.69) is 19.2 Å².